The van der Waals surface area contributed by atoms with Crippen LogP contribution in [0.15, 0.2) is 42.5 Å². The molecular formula is C18H19NO4. The Morgan fingerprint density at radius 3 is 2.61 bits per heavy atom. The molecule has 0 aromatic heterocycles. The van der Waals surface area contributed by atoms with E-state index in [1.807, 2.05) is 31.2 Å². The van der Waals surface area contributed by atoms with Gasteiger partial charge in [-0.05, 0) is 49.7 Å². The summed E-state index contributed by atoms with van der Waals surface area (Å²) in [6.45, 7) is 3.59. The van der Waals surface area contributed by atoms with Gasteiger partial charge in [-0.2, -0.15) is 0 Å². The Balaban J connectivity index is 2.10. The van der Waals surface area contributed by atoms with Crippen LogP contribution in [0.2, 0.25) is 0 Å². The first-order valence-corrected chi connectivity index (χ1v) is 7.21. The van der Waals surface area contributed by atoms with Crippen LogP contribution in [0.1, 0.15) is 22.8 Å². The topological polar surface area (TPSA) is 64.6 Å². The van der Waals surface area contributed by atoms with Gasteiger partial charge < -0.3 is 14.8 Å². The summed E-state index contributed by atoms with van der Waals surface area (Å²) in [4.78, 5) is 23.1. The number of rotatable bonds is 6. The summed E-state index contributed by atoms with van der Waals surface area (Å²) in [6.07, 6.45) is -0.0321. The molecule has 120 valence electrons. The zero-order chi connectivity index (χ0) is 16.8. The average Bonchev–Trinajstić information content (AvgIpc) is 2.54. The van der Waals surface area contributed by atoms with E-state index in [0.29, 0.717) is 29.0 Å². The molecular weight excluding hydrogens is 294 g/mol. The van der Waals surface area contributed by atoms with Gasteiger partial charge in [-0.25, -0.2) is 0 Å². The maximum atomic E-state index is 12.2. The predicted octanol–water partition coefficient (Wildman–Crippen LogP) is 3.22. The molecule has 2 aromatic carbocycles. The van der Waals surface area contributed by atoms with Crippen LogP contribution in [0.4, 0.5) is 5.69 Å². The van der Waals surface area contributed by atoms with E-state index in [1.165, 1.54) is 7.11 Å². The van der Waals surface area contributed by atoms with E-state index in [2.05, 4.69) is 5.32 Å². The number of methoxy groups -OCH3 is 1. The molecule has 0 saturated heterocycles. The van der Waals surface area contributed by atoms with Crippen LogP contribution in [0.3, 0.4) is 0 Å². The number of anilines is 1. The summed E-state index contributed by atoms with van der Waals surface area (Å²) in [5, 5.41) is 2.79. The maximum Gasteiger partial charge on any atom is 0.265 e. The molecule has 1 amide bonds. The first-order chi connectivity index (χ1) is 11.0. The van der Waals surface area contributed by atoms with Gasteiger partial charge in [-0.1, -0.05) is 12.1 Å². The highest BCUT2D eigenvalue weighted by Crippen LogP contribution is 2.28. The number of aldehydes is 1. The van der Waals surface area contributed by atoms with E-state index in [-0.39, 0.29) is 5.91 Å². The highest BCUT2D eigenvalue weighted by Gasteiger charge is 2.17. The number of hydrogen-bond donors (Lipinski definition) is 1. The van der Waals surface area contributed by atoms with Gasteiger partial charge in [0.2, 0.25) is 0 Å². The van der Waals surface area contributed by atoms with Crippen LogP contribution in [-0.2, 0) is 4.79 Å². The standard InChI is InChI=1S/C18H19NO4/c1-12-5-4-6-15(9-12)19-18(21)13(2)23-17-10-14(11-20)7-8-16(17)22-3/h4-11,13H,1-3H3,(H,19,21)/t13-/m1/s1. The van der Waals surface area contributed by atoms with Crippen molar-refractivity contribution in [3.63, 3.8) is 0 Å². The summed E-state index contributed by atoms with van der Waals surface area (Å²) in [5.41, 5.74) is 2.21. The van der Waals surface area contributed by atoms with Crippen molar-refractivity contribution < 1.29 is 19.1 Å². The zero-order valence-corrected chi connectivity index (χ0v) is 13.3. The average molecular weight is 313 g/mol. The van der Waals surface area contributed by atoms with Crippen molar-refractivity contribution in [2.24, 2.45) is 0 Å². The Hall–Kier alpha value is -2.82. The molecule has 5 nitrogen and oxygen atoms in total. The van der Waals surface area contributed by atoms with Crippen molar-refractivity contribution in [1.29, 1.82) is 0 Å². The fraction of sp³-hybridized carbons (Fsp3) is 0.222. The Kier molecular flexibility index (Phi) is 5.36. The molecule has 1 N–H and O–H groups in total. The number of benzene rings is 2. The number of amides is 1. The van der Waals surface area contributed by atoms with Crippen molar-refractivity contribution in [3.8, 4) is 11.5 Å². The van der Waals surface area contributed by atoms with Gasteiger partial charge >= 0.3 is 0 Å². The molecule has 0 aliphatic rings. The summed E-state index contributed by atoms with van der Waals surface area (Å²) in [6, 6.07) is 12.3. The van der Waals surface area contributed by atoms with Gasteiger partial charge in [-0.15, -0.1) is 0 Å². The lowest BCUT2D eigenvalue weighted by Gasteiger charge is -2.17. The minimum Gasteiger partial charge on any atom is -0.493 e. The molecule has 0 spiro atoms. The van der Waals surface area contributed by atoms with Crippen LogP contribution >= 0.6 is 0 Å². The zero-order valence-electron chi connectivity index (χ0n) is 13.3. The van der Waals surface area contributed by atoms with Crippen molar-refractivity contribution >= 4 is 17.9 Å². The Labute approximate surface area is 135 Å². The van der Waals surface area contributed by atoms with Crippen LogP contribution in [-0.4, -0.2) is 25.4 Å². The largest absolute Gasteiger partial charge is 0.493 e. The van der Waals surface area contributed by atoms with Gasteiger partial charge in [0.15, 0.2) is 17.6 Å². The molecule has 2 aromatic rings. The number of ether oxygens (including phenoxy) is 2. The van der Waals surface area contributed by atoms with Gasteiger partial charge in [0.1, 0.15) is 6.29 Å². The third-order valence-electron chi connectivity index (χ3n) is 3.28. The van der Waals surface area contributed by atoms with Gasteiger partial charge in [0.25, 0.3) is 5.91 Å². The Morgan fingerprint density at radius 1 is 1.17 bits per heavy atom. The predicted molar refractivity (Wildman–Crippen MR) is 88.3 cm³/mol. The lowest BCUT2D eigenvalue weighted by atomic mass is 10.2. The van der Waals surface area contributed by atoms with Crippen LogP contribution in [0.25, 0.3) is 0 Å². The number of carbonyl (C=O) groups excluding carboxylic acids is 2. The minimum absolute atomic E-state index is 0.283. The highest BCUT2D eigenvalue weighted by atomic mass is 16.5. The maximum absolute atomic E-state index is 12.2. The number of nitrogens with one attached hydrogen (secondary N) is 1. The van der Waals surface area contributed by atoms with Crippen molar-refractivity contribution in [1.82, 2.24) is 0 Å². The van der Waals surface area contributed by atoms with Gasteiger partial charge in [0.05, 0.1) is 7.11 Å². The van der Waals surface area contributed by atoms with E-state index in [1.54, 1.807) is 25.1 Å². The monoisotopic (exact) mass is 313 g/mol. The minimum atomic E-state index is -0.744. The summed E-state index contributed by atoms with van der Waals surface area (Å²) < 4.78 is 10.8. The molecule has 0 saturated carbocycles. The molecule has 2 rings (SSSR count). The molecule has 0 aliphatic heterocycles. The summed E-state index contributed by atoms with van der Waals surface area (Å²) in [5.74, 6) is 0.531. The molecule has 0 bridgehead atoms. The van der Waals surface area contributed by atoms with E-state index < -0.39 is 6.10 Å². The van der Waals surface area contributed by atoms with E-state index in [4.69, 9.17) is 9.47 Å². The molecule has 0 unspecified atom stereocenters. The number of carbonyl (C=O) groups is 2. The fourth-order valence-corrected chi connectivity index (χ4v) is 2.07. The molecule has 0 radical (unpaired) electrons. The molecule has 5 heteroatoms. The molecule has 1 atom stereocenters. The second-order valence-electron chi connectivity index (χ2n) is 5.15. The second kappa shape index (κ2) is 7.45. The normalized spacial score (nSPS) is 11.4. The third-order valence-corrected chi connectivity index (χ3v) is 3.28. The van der Waals surface area contributed by atoms with Crippen molar-refractivity contribution in [3.05, 3.63) is 53.6 Å². The third kappa shape index (κ3) is 4.32. The summed E-state index contributed by atoms with van der Waals surface area (Å²) >= 11 is 0. The van der Waals surface area contributed by atoms with Crippen molar-refractivity contribution in [2.75, 3.05) is 12.4 Å². The number of hydrogen-bond acceptors (Lipinski definition) is 4. The second-order valence-corrected chi connectivity index (χ2v) is 5.15. The van der Waals surface area contributed by atoms with E-state index in [0.717, 1.165) is 5.56 Å². The Morgan fingerprint density at radius 2 is 1.96 bits per heavy atom. The molecule has 0 fully saturated rings. The lowest BCUT2D eigenvalue weighted by molar-refractivity contribution is -0.122. The smallest absolute Gasteiger partial charge is 0.265 e. The first-order valence-electron chi connectivity index (χ1n) is 7.21. The van der Waals surface area contributed by atoms with Crippen LogP contribution in [0.5, 0.6) is 11.5 Å². The molecule has 0 aliphatic carbocycles. The van der Waals surface area contributed by atoms with Gasteiger partial charge in [0, 0.05) is 11.3 Å². The number of aryl methyl sites for hydroxylation is 1. The molecule has 23 heavy (non-hydrogen) atoms. The first kappa shape index (κ1) is 16.5. The van der Waals surface area contributed by atoms with Gasteiger partial charge in [-0.3, -0.25) is 9.59 Å². The van der Waals surface area contributed by atoms with E-state index >= 15 is 0 Å². The van der Waals surface area contributed by atoms with Crippen LogP contribution < -0.4 is 14.8 Å². The molecule has 0 heterocycles. The SMILES string of the molecule is COc1ccc(C=O)cc1O[C@H](C)C(=O)Nc1cccc(C)c1. The van der Waals surface area contributed by atoms with Crippen molar-refractivity contribution in [2.45, 2.75) is 20.0 Å². The highest BCUT2D eigenvalue weighted by molar-refractivity contribution is 5.94. The fourth-order valence-electron chi connectivity index (χ4n) is 2.07. The van der Waals surface area contributed by atoms with E-state index in [9.17, 15) is 9.59 Å². The summed E-state index contributed by atoms with van der Waals surface area (Å²) in [7, 11) is 1.50. The quantitative estimate of drug-likeness (QED) is 0.832. The lowest BCUT2D eigenvalue weighted by Crippen LogP contribution is -2.30. The van der Waals surface area contributed by atoms with Crippen LogP contribution in [0, 0.1) is 6.92 Å². The Bertz CT molecular complexity index is 712.